The molecule has 13 heteroatoms. The molecule has 3 N–H and O–H groups in total. The lowest BCUT2D eigenvalue weighted by Gasteiger charge is -2.38. The Labute approximate surface area is 188 Å². The van der Waals surface area contributed by atoms with E-state index in [0.29, 0.717) is 6.07 Å². The summed E-state index contributed by atoms with van der Waals surface area (Å²) in [5.74, 6) is -5.32. The van der Waals surface area contributed by atoms with E-state index in [1.54, 1.807) is 0 Å². The molecule has 0 spiro atoms. The maximum Gasteiger partial charge on any atom is 0.417 e. The minimum Gasteiger partial charge on any atom is -0.481 e. The predicted octanol–water partition coefficient (Wildman–Crippen LogP) is 2.09. The third-order valence-corrected chi connectivity index (χ3v) is 7.73. The summed E-state index contributed by atoms with van der Waals surface area (Å²) in [7, 11) is -3.73. The van der Waals surface area contributed by atoms with E-state index in [-0.39, 0.29) is 17.9 Å². The van der Waals surface area contributed by atoms with E-state index in [1.165, 1.54) is 26.8 Å². The van der Waals surface area contributed by atoms with Crippen LogP contribution in [0.5, 0.6) is 0 Å². The highest BCUT2D eigenvalue weighted by Gasteiger charge is 2.72. The van der Waals surface area contributed by atoms with Crippen molar-refractivity contribution in [1.82, 2.24) is 4.72 Å². The van der Waals surface area contributed by atoms with E-state index in [1.807, 2.05) is 0 Å². The lowest BCUT2D eigenvalue weighted by Crippen LogP contribution is -2.59. The minimum absolute atomic E-state index is 0.00142. The van der Waals surface area contributed by atoms with Crippen LogP contribution in [-0.2, 0) is 30.5 Å². The Morgan fingerprint density at radius 3 is 2.45 bits per heavy atom. The molecule has 2 saturated heterocycles. The number of carbonyl (C=O) groups is 2. The number of benzene rings is 1. The van der Waals surface area contributed by atoms with Gasteiger partial charge in [0, 0.05) is 5.69 Å². The Hall–Kier alpha value is -2.69. The summed E-state index contributed by atoms with van der Waals surface area (Å²) in [4.78, 5) is 25.2. The number of rotatable bonds is 6. The second kappa shape index (κ2) is 7.96. The second-order valence-corrected chi connectivity index (χ2v) is 10.6. The number of hydrogen-bond donors (Lipinski definition) is 3. The number of carboxylic acid groups (broad SMARTS) is 1. The second-order valence-electron chi connectivity index (χ2n) is 8.53. The molecule has 2 heterocycles. The van der Waals surface area contributed by atoms with Gasteiger partial charge in [0.05, 0.1) is 52.0 Å². The van der Waals surface area contributed by atoms with E-state index in [0.717, 1.165) is 12.1 Å². The van der Waals surface area contributed by atoms with Crippen molar-refractivity contribution in [2.75, 3.05) is 11.1 Å². The molecule has 1 aromatic carbocycles. The number of sulfonamides is 1. The van der Waals surface area contributed by atoms with Crippen molar-refractivity contribution in [3.63, 3.8) is 0 Å². The van der Waals surface area contributed by atoms with Crippen LogP contribution in [0, 0.1) is 23.2 Å². The summed E-state index contributed by atoms with van der Waals surface area (Å²) in [6.07, 6.45) is -4.85. The molecule has 0 radical (unpaired) electrons. The van der Waals surface area contributed by atoms with Crippen molar-refractivity contribution in [3.8, 4) is 6.07 Å². The zero-order valence-corrected chi connectivity index (χ0v) is 18.7. The van der Waals surface area contributed by atoms with E-state index in [4.69, 9.17) is 10.00 Å². The first-order valence-corrected chi connectivity index (χ1v) is 11.6. The highest BCUT2D eigenvalue weighted by molar-refractivity contribution is 7.89. The topological polar surface area (TPSA) is 146 Å². The van der Waals surface area contributed by atoms with E-state index < -0.39 is 68.3 Å². The van der Waals surface area contributed by atoms with Crippen molar-refractivity contribution in [2.45, 2.75) is 50.6 Å². The van der Waals surface area contributed by atoms with Gasteiger partial charge in [-0.1, -0.05) is 0 Å². The number of nitriles is 1. The first-order valence-electron chi connectivity index (χ1n) is 9.93. The van der Waals surface area contributed by atoms with Gasteiger partial charge in [0.1, 0.15) is 0 Å². The molecule has 2 aliphatic rings. The van der Waals surface area contributed by atoms with Crippen LogP contribution in [0.3, 0.4) is 0 Å². The maximum atomic E-state index is 13.3. The van der Waals surface area contributed by atoms with Gasteiger partial charge in [-0.15, -0.1) is 0 Å². The van der Waals surface area contributed by atoms with E-state index in [9.17, 15) is 36.3 Å². The molecule has 33 heavy (non-hydrogen) atoms. The standard InChI is InChI=1S/C20H22F3N3O6S/c1-4-33(30,31)26-13-8-18(2)15(17(28)29)14(19(13,3)32-18)16(27)25-11-6-5-10(9-24)12(7-11)20(21,22)23/h5-7,13-15,26H,4,8H2,1-3H3,(H,25,27)(H,28,29)/t13-,14+,15-,18?,19?/m1/s1. The number of carboxylic acids is 1. The van der Waals surface area contributed by atoms with Crippen LogP contribution in [0.4, 0.5) is 18.9 Å². The van der Waals surface area contributed by atoms with Crippen molar-refractivity contribution in [1.29, 1.82) is 5.26 Å². The van der Waals surface area contributed by atoms with E-state index >= 15 is 0 Å². The lowest BCUT2D eigenvalue weighted by atomic mass is 9.65. The summed E-state index contributed by atoms with van der Waals surface area (Å²) < 4.78 is 72.4. The largest absolute Gasteiger partial charge is 0.481 e. The molecule has 180 valence electrons. The number of halogens is 3. The number of hydrogen-bond acceptors (Lipinski definition) is 6. The van der Waals surface area contributed by atoms with E-state index in [2.05, 4.69) is 10.0 Å². The summed E-state index contributed by atoms with van der Waals surface area (Å²) in [6.45, 7) is 4.28. The number of nitrogens with zero attached hydrogens (tertiary/aromatic N) is 1. The molecule has 0 aliphatic carbocycles. The first-order chi connectivity index (χ1) is 15.1. The Morgan fingerprint density at radius 2 is 1.94 bits per heavy atom. The summed E-state index contributed by atoms with van der Waals surface area (Å²) in [5, 5.41) is 21.0. The molecule has 9 nitrogen and oxygen atoms in total. The molecule has 2 fully saturated rings. The molecule has 0 aromatic heterocycles. The fourth-order valence-corrected chi connectivity index (χ4v) is 5.74. The average Bonchev–Trinajstić information content (AvgIpc) is 3.09. The fourth-order valence-electron chi connectivity index (χ4n) is 4.83. The molecule has 1 aromatic rings. The van der Waals surface area contributed by atoms with Gasteiger partial charge in [-0.3, -0.25) is 9.59 Å². The lowest BCUT2D eigenvalue weighted by molar-refractivity contribution is -0.150. The Kier molecular flexibility index (Phi) is 6.02. The molecule has 2 aliphatic heterocycles. The van der Waals surface area contributed by atoms with Gasteiger partial charge < -0.3 is 15.2 Å². The molecule has 1 amide bonds. The van der Waals surface area contributed by atoms with Crippen LogP contribution < -0.4 is 10.0 Å². The molecular formula is C20H22F3N3O6S. The number of alkyl halides is 3. The summed E-state index contributed by atoms with van der Waals surface area (Å²) in [5.41, 5.74) is -5.14. The predicted molar refractivity (Wildman–Crippen MR) is 108 cm³/mol. The minimum atomic E-state index is -4.85. The number of carbonyl (C=O) groups excluding carboxylic acids is 1. The zero-order chi connectivity index (χ0) is 25.0. The van der Waals surface area contributed by atoms with Gasteiger partial charge in [0.25, 0.3) is 0 Å². The normalized spacial score (nSPS) is 31.2. The highest BCUT2D eigenvalue weighted by Crippen LogP contribution is 2.58. The summed E-state index contributed by atoms with van der Waals surface area (Å²) >= 11 is 0. The van der Waals surface area contributed by atoms with Crippen LogP contribution in [0.2, 0.25) is 0 Å². The van der Waals surface area contributed by atoms with Gasteiger partial charge in [0.2, 0.25) is 15.9 Å². The maximum absolute atomic E-state index is 13.3. The van der Waals surface area contributed by atoms with Gasteiger partial charge in [0.15, 0.2) is 0 Å². The first kappa shape index (κ1) is 24.9. The van der Waals surface area contributed by atoms with Crippen molar-refractivity contribution in [2.24, 2.45) is 11.8 Å². The smallest absolute Gasteiger partial charge is 0.417 e. The number of nitrogens with one attached hydrogen (secondary N) is 2. The van der Waals surface area contributed by atoms with Gasteiger partial charge in [-0.25, -0.2) is 13.1 Å². The highest BCUT2D eigenvalue weighted by atomic mass is 32.2. The van der Waals surface area contributed by atoms with Crippen LogP contribution >= 0.6 is 0 Å². The number of amides is 1. The van der Waals surface area contributed by atoms with Gasteiger partial charge >= 0.3 is 12.1 Å². The molecule has 0 saturated carbocycles. The number of fused-ring (bicyclic) bond motifs is 2. The molecule has 3 rings (SSSR count). The molecule has 2 bridgehead atoms. The quantitative estimate of drug-likeness (QED) is 0.555. The van der Waals surface area contributed by atoms with Crippen LogP contribution in [0.25, 0.3) is 0 Å². The molecule has 2 unspecified atom stereocenters. The number of aliphatic carboxylic acids is 1. The van der Waals surface area contributed by atoms with Gasteiger partial charge in [-0.2, -0.15) is 18.4 Å². The Morgan fingerprint density at radius 1 is 1.30 bits per heavy atom. The SMILES string of the molecule is CCS(=O)(=O)N[C@@H]1CC2(C)OC1(C)[C@H](C(=O)Nc1ccc(C#N)c(C(F)(F)F)c1)[C@@H]2C(=O)O. The zero-order valence-electron chi connectivity index (χ0n) is 17.9. The number of anilines is 1. The van der Waals surface area contributed by atoms with Crippen LogP contribution in [0.1, 0.15) is 38.3 Å². The molecule has 5 atom stereocenters. The average molecular weight is 489 g/mol. The third-order valence-electron chi connectivity index (χ3n) is 6.33. The van der Waals surface area contributed by atoms with Gasteiger partial charge in [-0.05, 0) is 45.4 Å². The monoisotopic (exact) mass is 489 g/mol. The van der Waals surface area contributed by atoms with Crippen LogP contribution in [0.15, 0.2) is 18.2 Å². The third kappa shape index (κ3) is 4.30. The summed E-state index contributed by atoms with van der Waals surface area (Å²) in [6, 6.07) is 3.08. The Balaban J connectivity index is 1.99. The van der Waals surface area contributed by atoms with Crippen molar-refractivity contribution in [3.05, 3.63) is 29.3 Å². The fraction of sp³-hybridized carbons (Fsp3) is 0.550. The van der Waals surface area contributed by atoms with Crippen LogP contribution in [-0.4, -0.2) is 48.4 Å². The van der Waals surface area contributed by atoms with Crippen molar-refractivity contribution >= 4 is 27.6 Å². The number of ether oxygens (including phenoxy) is 1. The van der Waals surface area contributed by atoms with Crippen molar-refractivity contribution < 1.29 is 41.0 Å². The Bertz CT molecular complexity index is 1150. The molecular weight excluding hydrogens is 467 g/mol.